The van der Waals surface area contributed by atoms with E-state index < -0.39 is 8.41 Å². The number of halogens is 1. The van der Waals surface area contributed by atoms with Gasteiger partial charge in [0.05, 0.1) is 41.7 Å². The minimum absolute atomic E-state index is 0.0609. The van der Waals surface area contributed by atoms with Crippen molar-refractivity contribution in [1.29, 1.82) is 0 Å². The van der Waals surface area contributed by atoms with E-state index in [0.29, 0.717) is 41.4 Å². The molecular formula is C40H43FN4O4Si. The molecular weight excluding hydrogens is 648 g/mol. The predicted molar refractivity (Wildman–Crippen MR) is 194 cm³/mol. The Kier molecular flexibility index (Phi) is 9.68. The Labute approximate surface area is 293 Å². The fraction of sp³-hybridized carbons (Fsp3) is 0.325. The average Bonchev–Trinajstić information content (AvgIpc) is 3.68. The van der Waals surface area contributed by atoms with E-state index in [4.69, 9.17) is 9.47 Å². The number of hydrogen-bond acceptors (Lipinski definition) is 6. The molecule has 8 nitrogen and oxygen atoms in total. The van der Waals surface area contributed by atoms with Crippen molar-refractivity contribution in [3.05, 3.63) is 132 Å². The first-order valence-corrected chi connectivity index (χ1v) is 20.4. The van der Waals surface area contributed by atoms with Gasteiger partial charge >= 0.3 is 0 Å². The van der Waals surface area contributed by atoms with Crippen LogP contribution in [-0.2, 0) is 17.7 Å². The van der Waals surface area contributed by atoms with Gasteiger partial charge in [-0.25, -0.2) is 0 Å². The van der Waals surface area contributed by atoms with E-state index in [0.717, 1.165) is 29.7 Å². The third-order valence-corrected chi connectivity index (χ3v) is 12.7. The number of carbonyl (C=O) groups excluding carboxylic acids is 1. The molecule has 50 heavy (non-hydrogen) atoms. The van der Waals surface area contributed by atoms with Crippen LogP contribution in [0.2, 0.25) is 18.6 Å². The van der Waals surface area contributed by atoms with Gasteiger partial charge in [-0.1, -0.05) is 78.9 Å². The number of aliphatic hydroxyl groups excluding tert-OH is 1. The predicted octanol–water partition coefficient (Wildman–Crippen LogP) is 8.46. The van der Waals surface area contributed by atoms with E-state index in [1.165, 1.54) is 0 Å². The lowest BCUT2D eigenvalue weighted by molar-refractivity contribution is 0.0247. The molecule has 1 aromatic heterocycles. The van der Waals surface area contributed by atoms with Gasteiger partial charge in [-0.05, 0) is 85.8 Å². The highest BCUT2D eigenvalue weighted by Gasteiger charge is 2.50. The molecule has 7 rings (SSSR count). The van der Waals surface area contributed by atoms with Crippen LogP contribution >= 0.6 is 0 Å². The summed E-state index contributed by atoms with van der Waals surface area (Å²) in [5.41, 5.74) is 4.56. The summed E-state index contributed by atoms with van der Waals surface area (Å²) in [7, 11) is -3.07. The first kappa shape index (κ1) is 33.8. The van der Waals surface area contributed by atoms with Crippen molar-refractivity contribution in [2.45, 2.75) is 69.5 Å². The topological polar surface area (TPSA) is 89.7 Å². The lowest BCUT2D eigenvalue weighted by Crippen LogP contribution is -2.36. The number of aromatic nitrogens is 3. The number of aryl methyl sites for hydroxylation is 2. The van der Waals surface area contributed by atoms with Crippen LogP contribution in [0.4, 0.5) is 15.5 Å². The van der Waals surface area contributed by atoms with Crippen LogP contribution < -0.4 is 9.64 Å². The van der Waals surface area contributed by atoms with E-state index in [-0.39, 0.29) is 42.1 Å². The molecule has 2 aliphatic heterocycles. The van der Waals surface area contributed by atoms with Crippen LogP contribution in [-0.4, -0.2) is 53.2 Å². The zero-order valence-electron chi connectivity index (χ0n) is 28.7. The first-order chi connectivity index (χ1) is 24.2. The van der Waals surface area contributed by atoms with Crippen LogP contribution in [0.1, 0.15) is 52.9 Å². The van der Waals surface area contributed by atoms with Gasteiger partial charge in [0, 0.05) is 24.0 Å². The molecule has 5 aromatic rings. The van der Waals surface area contributed by atoms with Gasteiger partial charge in [-0.3, -0.25) is 14.4 Å². The second kappa shape index (κ2) is 14.3. The fourth-order valence-corrected chi connectivity index (χ4v) is 10.4. The Hall–Kier alpha value is -4.64. The number of benzene rings is 4. The number of amides is 1. The van der Waals surface area contributed by atoms with Gasteiger partial charge in [0.2, 0.25) is 8.41 Å². The molecule has 0 spiro atoms. The molecule has 1 N–H and O–H groups in total. The molecule has 0 saturated carbocycles. The Morgan fingerprint density at radius 2 is 1.64 bits per heavy atom. The number of hydrogen-bond donors (Lipinski definition) is 1. The SMILES string of the molecule is C[C@@H]1[C@@H]([Si](C)(C)F)[C@H](CCn2cc(C(CO)c3ccccc3)nn2)O[C@@H]1CCc1cccc(N2C(=O)c3ccccc3Oc3ccccc32)c1. The molecule has 1 amide bonds. The van der Waals surface area contributed by atoms with Crippen molar-refractivity contribution in [3.63, 3.8) is 0 Å². The summed E-state index contributed by atoms with van der Waals surface area (Å²) in [6.45, 7) is 6.18. The maximum atomic E-state index is 15.9. The monoisotopic (exact) mass is 690 g/mol. The molecule has 0 bridgehead atoms. The van der Waals surface area contributed by atoms with Gasteiger partial charge in [-0.15, -0.1) is 5.10 Å². The van der Waals surface area contributed by atoms with Crippen molar-refractivity contribution in [3.8, 4) is 11.5 Å². The Bertz CT molecular complexity index is 1950. The third kappa shape index (κ3) is 6.88. The van der Waals surface area contributed by atoms with Crippen molar-refractivity contribution in [2.75, 3.05) is 11.5 Å². The molecule has 3 heterocycles. The number of carbonyl (C=O) groups is 1. The molecule has 0 aliphatic carbocycles. The quantitative estimate of drug-likeness (QED) is 0.111. The van der Waals surface area contributed by atoms with Gasteiger partial charge in [-0.2, -0.15) is 0 Å². The maximum Gasteiger partial charge on any atom is 0.266 e. The molecule has 10 heteroatoms. The number of para-hydroxylation sites is 3. The van der Waals surface area contributed by atoms with Crippen molar-refractivity contribution in [1.82, 2.24) is 15.0 Å². The number of fused-ring (bicyclic) bond motifs is 2. The van der Waals surface area contributed by atoms with Crippen molar-refractivity contribution >= 4 is 25.7 Å². The molecule has 2 aliphatic rings. The Morgan fingerprint density at radius 3 is 2.42 bits per heavy atom. The summed E-state index contributed by atoms with van der Waals surface area (Å²) in [6.07, 6.45) is 3.64. The Morgan fingerprint density at radius 1 is 0.900 bits per heavy atom. The number of nitrogens with zero attached hydrogens (tertiary/aromatic N) is 4. The molecule has 1 fully saturated rings. The summed E-state index contributed by atoms with van der Waals surface area (Å²) in [5.74, 6) is 0.807. The highest BCUT2D eigenvalue weighted by molar-refractivity contribution is 6.72. The van der Waals surface area contributed by atoms with Crippen molar-refractivity contribution < 1.29 is 23.5 Å². The normalized spacial score (nSPS) is 20.9. The van der Waals surface area contributed by atoms with E-state index >= 15 is 4.11 Å². The molecule has 1 unspecified atom stereocenters. The first-order valence-electron chi connectivity index (χ1n) is 17.4. The number of anilines is 2. The molecule has 258 valence electrons. The van der Waals surface area contributed by atoms with Gasteiger partial charge in [0.15, 0.2) is 5.75 Å². The fourth-order valence-electron chi connectivity index (χ4n) is 7.77. The third-order valence-electron chi connectivity index (χ3n) is 10.2. The van der Waals surface area contributed by atoms with E-state index in [1.54, 1.807) is 28.7 Å². The summed E-state index contributed by atoms with van der Waals surface area (Å²) in [4.78, 5) is 15.7. The summed E-state index contributed by atoms with van der Waals surface area (Å²) < 4.78 is 30.6. The zero-order valence-corrected chi connectivity index (χ0v) is 29.7. The number of aliphatic hydroxyl groups is 1. The molecule has 4 aromatic carbocycles. The minimum Gasteiger partial charge on any atom is -0.454 e. The van der Waals surface area contributed by atoms with E-state index in [1.807, 2.05) is 91.1 Å². The molecule has 1 saturated heterocycles. The smallest absolute Gasteiger partial charge is 0.266 e. The number of ether oxygens (including phenoxy) is 2. The Balaban J connectivity index is 1.05. The van der Waals surface area contributed by atoms with Crippen LogP contribution in [0.3, 0.4) is 0 Å². The van der Waals surface area contributed by atoms with Crippen LogP contribution in [0.25, 0.3) is 0 Å². The van der Waals surface area contributed by atoms with Gasteiger partial charge in [0.25, 0.3) is 5.91 Å². The maximum absolute atomic E-state index is 15.9. The number of rotatable bonds is 11. The van der Waals surface area contributed by atoms with Gasteiger partial charge < -0.3 is 18.7 Å². The second-order valence-electron chi connectivity index (χ2n) is 13.9. The lowest BCUT2D eigenvalue weighted by atomic mass is 9.95. The highest BCUT2D eigenvalue weighted by atomic mass is 28.4. The summed E-state index contributed by atoms with van der Waals surface area (Å²) in [5, 5.41) is 18.8. The largest absolute Gasteiger partial charge is 0.454 e. The second-order valence-corrected chi connectivity index (χ2v) is 17.7. The minimum atomic E-state index is -3.07. The van der Waals surface area contributed by atoms with E-state index in [9.17, 15) is 9.90 Å². The van der Waals surface area contributed by atoms with E-state index in [2.05, 4.69) is 29.4 Å². The summed E-state index contributed by atoms with van der Waals surface area (Å²) >= 11 is 0. The van der Waals surface area contributed by atoms with Gasteiger partial charge in [0.1, 0.15) is 5.75 Å². The van der Waals surface area contributed by atoms with Crippen molar-refractivity contribution in [2.24, 2.45) is 5.92 Å². The average molecular weight is 691 g/mol. The summed E-state index contributed by atoms with van der Waals surface area (Å²) in [6, 6.07) is 32.7. The highest BCUT2D eigenvalue weighted by Crippen LogP contribution is 2.47. The standard InChI is InChI=1S/C40H43FN4O4Si/c1-27-35(48-38(39(27)50(2,3)41)22-23-44-25-33(42-43-44)32(26-46)29-13-5-4-6-14-29)21-20-28-12-11-15-30(24-28)45-34-17-8-10-19-37(34)49-36-18-9-7-16-31(36)40(45)47/h4-19,24-25,27,32,35,38-39,46H,20-23,26H2,1-3H3/t27-,32?,35+,38-,39+/m0/s1. The van der Waals surface area contributed by atoms with Crippen LogP contribution in [0.15, 0.2) is 109 Å². The van der Waals surface area contributed by atoms with Crippen LogP contribution in [0.5, 0.6) is 11.5 Å². The van der Waals surface area contributed by atoms with Crippen LogP contribution in [0, 0.1) is 5.92 Å². The lowest BCUT2D eigenvalue weighted by Gasteiger charge is -2.28. The molecule has 0 radical (unpaired) electrons. The molecule has 5 atom stereocenters. The zero-order chi connectivity index (χ0) is 34.8.